The average molecular weight is 278 g/mol. The average Bonchev–Trinajstić information content (AvgIpc) is 3.01. The molecule has 0 radical (unpaired) electrons. The van der Waals surface area contributed by atoms with Crippen LogP contribution >= 0.6 is 0 Å². The van der Waals surface area contributed by atoms with Crippen LogP contribution in [0.1, 0.15) is 21.7 Å². The number of carbonyl (C=O) groups is 1. The summed E-state index contributed by atoms with van der Waals surface area (Å²) in [5.74, 6) is 0.963. The molecular weight excluding hydrogens is 264 g/mol. The Morgan fingerprint density at radius 1 is 1.14 bits per heavy atom. The number of hydrogen-bond acceptors (Lipinski definition) is 3. The molecule has 0 atom stereocenters. The zero-order valence-corrected chi connectivity index (χ0v) is 11.5. The minimum Gasteiger partial charge on any atom is -0.361 e. The van der Waals surface area contributed by atoms with Gasteiger partial charge in [-0.25, -0.2) is 0 Å². The summed E-state index contributed by atoms with van der Waals surface area (Å²) in [4.78, 5) is 14.5. The van der Waals surface area contributed by atoms with E-state index >= 15 is 0 Å². The third-order valence-electron chi connectivity index (χ3n) is 3.98. The van der Waals surface area contributed by atoms with Gasteiger partial charge in [0, 0.05) is 24.1 Å². The van der Waals surface area contributed by atoms with Crippen LogP contribution in [0.5, 0.6) is 0 Å². The van der Waals surface area contributed by atoms with E-state index in [-0.39, 0.29) is 5.91 Å². The predicted octanol–water partition coefficient (Wildman–Crippen LogP) is 3.03. The van der Waals surface area contributed by atoms with Crippen molar-refractivity contribution in [2.45, 2.75) is 13.0 Å². The van der Waals surface area contributed by atoms with Crippen molar-refractivity contribution in [2.75, 3.05) is 6.54 Å². The molecule has 0 N–H and O–H groups in total. The van der Waals surface area contributed by atoms with Crippen molar-refractivity contribution in [3.63, 3.8) is 0 Å². The number of hydrogen-bond donors (Lipinski definition) is 0. The third kappa shape index (κ3) is 2.09. The monoisotopic (exact) mass is 278 g/mol. The standard InChI is InChI=1S/C17H14N2O2/c20-17(19-8-7-16-15(11-19)10-18-21-16)14-6-5-12-3-1-2-4-13(12)9-14/h1-6,9-10H,7-8,11H2. The number of nitrogens with zero attached hydrogens (tertiary/aromatic N) is 2. The summed E-state index contributed by atoms with van der Waals surface area (Å²) in [5, 5.41) is 6.03. The maximum absolute atomic E-state index is 12.6. The van der Waals surface area contributed by atoms with E-state index in [1.807, 2.05) is 47.4 Å². The molecule has 3 aromatic rings. The molecule has 0 spiro atoms. The molecule has 4 rings (SSSR count). The molecule has 0 saturated carbocycles. The highest BCUT2D eigenvalue weighted by atomic mass is 16.5. The van der Waals surface area contributed by atoms with Crippen LogP contribution in [-0.4, -0.2) is 22.5 Å². The Hall–Kier alpha value is -2.62. The van der Waals surface area contributed by atoms with Gasteiger partial charge < -0.3 is 9.42 Å². The highest BCUT2D eigenvalue weighted by molar-refractivity contribution is 5.98. The minimum absolute atomic E-state index is 0.0626. The fourth-order valence-corrected chi connectivity index (χ4v) is 2.82. The van der Waals surface area contributed by atoms with Crippen LogP contribution in [0.25, 0.3) is 10.8 Å². The van der Waals surface area contributed by atoms with Gasteiger partial charge >= 0.3 is 0 Å². The number of amides is 1. The molecule has 0 saturated heterocycles. The molecule has 4 heteroatoms. The molecule has 2 heterocycles. The highest BCUT2D eigenvalue weighted by Gasteiger charge is 2.24. The van der Waals surface area contributed by atoms with Gasteiger partial charge in [0.1, 0.15) is 5.76 Å². The second-order valence-electron chi connectivity index (χ2n) is 5.31. The van der Waals surface area contributed by atoms with Gasteiger partial charge in [-0.1, -0.05) is 35.5 Å². The van der Waals surface area contributed by atoms with E-state index in [2.05, 4.69) is 5.16 Å². The lowest BCUT2D eigenvalue weighted by Gasteiger charge is -2.25. The van der Waals surface area contributed by atoms with E-state index in [4.69, 9.17) is 4.52 Å². The summed E-state index contributed by atoms with van der Waals surface area (Å²) in [7, 11) is 0. The number of benzene rings is 2. The molecule has 2 aromatic carbocycles. The van der Waals surface area contributed by atoms with E-state index in [0.29, 0.717) is 13.1 Å². The Bertz CT molecular complexity index is 822. The van der Waals surface area contributed by atoms with Crippen molar-refractivity contribution < 1.29 is 9.32 Å². The molecule has 0 fully saturated rings. The van der Waals surface area contributed by atoms with Crippen molar-refractivity contribution >= 4 is 16.7 Å². The van der Waals surface area contributed by atoms with E-state index in [1.165, 1.54) is 0 Å². The molecular formula is C17H14N2O2. The lowest BCUT2D eigenvalue weighted by Crippen LogP contribution is -2.35. The number of carbonyl (C=O) groups excluding carboxylic acids is 1. The fraction of sp³-hybridized carbons (Fsp3) is 0.176. The summed E-state index contributed by atoms with van der Waals surface area (Å²) < 4.78 is 5.16. The van der Waals surface area contributed by atoms with E-state index in [1.54, 1.807) is 6.20 Å². The van der Waals surface area contributed by atoms with Crippen molar-refractivity contribution in [1.29, 1.82) is 0 Å². The Morgan fingerprint density at radius 3 is 2.90 bits per heavy atom. The zero-order valence-electron chi connectivity index (χ0n) is 11.5. The molecule has 1 aliphatic rings. The van der Waals surface area contributed by atoms with Gasteiger partial charge in [0.15, 0.2) is 0 Å². The highest BCUT2D eigenvalue weighted by Crippen LogP contribution is 2.22. The Kier molecular flexibility index (Phi) is 2.74. The summed E-state index contributed by atoms with van der Waals surface area (Å²) in [6.45, 7) is 1.25. The largest absolute Gasteiger partial charge is 0.361 e. The van der Waals surface area contributed by atoms with Crippen molar-refractivity contribution in [3.05, 3.63) is 65.5 Å². The smallest absolute Gasteiger partial charge is 0.254 e. The molecule has 4 nitrogen and oxygen atoms in total. The third-order valence-corrected chi connectivity index (χ3v) is 3.98. The SMILES string of the molecule is O=C(c1ccc2ccccc2c1)N1CCc2oncc2C1. The van der Waals surface area contributed by atoms with Gasteiger partial charge in [0.05, 0.1) is 12.7 Å². The first-order valence-electron chi connectivity index (χ1n) is 7.02. The molecule has 21 heavy (non-hydrogen) atoms. The first-order valence-corrected chi connectivity index (χ1v) is 7.02. The normalized spacial score (nSPS) is 14.2. The number of rotatable bonds is 1. The first kappa shape index (κ1) is 12.1. The number of aromatic nitrogens is 1. The van der Waals surface area contributed by atoms with Gasteiger partial charge in [-0.05, 0) is 22.9 Å². The van der Waals surface area contributed by atoms with Crippen LogP contribution in [0.2, 0.25) is 0 Å². The summed E-state index contributed by atoms with van der Waals surface area (Å²) in [6.07, 6.45) is 2.43. The van der Waals surface area contributed by atoms with Gasteiger partial charge in [-0.2, -0.15) is 0 Å². The quantitative estimate of drug-likeness (QED) is 0.687. The molecule has 104 valence electrons. The van der Waals surface area contributed by atoms with Gasteiger partial charge in [-0.15, -0.1) is 0 Å². The van der Waals surface area contributed by atoms with E-state index in [9.17, 15) is 4.79 Å². The summed E-state index contributed by atoms with van der Waals surface area (Å²) in [6, 6.07) is 13.9. The predicted molar refractivity (Wildman–Crippen MR) is 78.9 cm³/mol. The summed E-state index contributed by atoms with van der Waals surface area (Å²) in [5.41, 5.74) is 1.74. The van der Waals surface area contributed by atoms with Crippen molar-refractivity contribution in [2.24, 2.45) is 0 Å². The van der Waals surface area contributed by atoms with Crippen LogP contribution in [0.3, 0.4) is 0 Å². The molecule has 0 bridgehead atoms. The lowest BCUT2D eigenvalue weighted by molar-refractivity contribution is 0.0729. The Labute approximate surface area is 122 Å². The molecule has 0 unspecified atom stereocenters. The molecule has 1 aliphatic heterocycles. The van der Waals surface area contributed by atoms with Crippen LogP contribution in [-0.2, 0) is 13.0 Å². The van der Waals surface area contributed by atoms with Crippen LogP contribution in [0.15, 0.2) is 53.2 Å². The van der Waals surface area contributed by atoms with Crippen LogP contribution < -0.4 is 0 Å². The molecule has 0 aliphatic carbocycles. The van der Waals surface area contributed by atoms with Gasteiger partial charge in [0.2, 0.25) is 0 Å². The van der Waals surface area contributed by atoms with Gasteiger partial charge in [-0.3, -0.25) is 4.79 Å². The van der Waals surface area contributed by atoms with Gasteiger partial charge in [0.25, 0.3) is 5.91 Å². The minimum atomic E-state index is 0.0626. The van der Waals surface area contributed by atoms with Crippen LogP contribution in [0, 0.1) is 0 Å². The fourth-order valence-electron chi connectivity index (χ4n) is 2.82. The topological polar surface area (TPSA) is 46.3 Å². The molecule has 1 aromatic heterocycles. The van der Waals surface area contributed by atoms with Crippen molar-refractivity contribution in [3.8, 4) is 0 Å². The Morgan fingerprint density at radius 2 is 2.00 bits per heavy atom. The van der Waals surface area contributed by atoms with Crippen LogP contribution in [0.4, 0.5) is 0 Å². The van der Waals surface area contributed by atoms with E-state index < -0.39 is 0 Å². The maximum atomic E-state index is 12.6. The lowest BCUT2D eigenvalue weighted by atomic mass is 10.0. The maximum Gasteiger partial charge on any atom is 0.254 e. The number of fused-ring (bicyclic) bond motifs is 2. The second kappa shape index (κ2) is 4.74. The van der Waals surface area contributed by atoms with Crippen molar-refractivity contribution in [1.82, 2.24) is 10.1 Å². The second-order valence-corrected chi connectivity index (χ2v) is 5.31. The Balaban J connectivity index is 1.64. The summed E-state index contributed by atoms with van der Waals surface area (Å²) >= 11 is 0. The first-order chi connectivity index (χ1) is 10.3. The zero-order chi connectivity index (χ0) is 14.2. The van der Waals surface area contributed by atoms with E-state index in [0.717, 1.165) is 34.1 Å². The molecule has 1 amide bonds.